The minimum absolute atomic E-state index is 0.0235. The molecule has 3 atom stereocenters. The van der Waals surface area contributed by atoms with E-state index in [2.05, 4.69) is 17.9 Å². The predicted octanol–water partition coefficient (Wildman–Crippen LogP) is 2.52. The van der Waals surface area contributed by atoms with Gasteiger partial charge >= 0.3 is 6.09 Å². The Kier molecular flexibility index (Phi) is 6.84. The fourth-order valence-electron chi connectivity index (χ4n) is 2.65. The van der Waals surface area contributed by atoms with Crippen LogP contribution in [0.4, 0.5) is 10.5 Å². The number of nitrogens with one attached hydrogen (secondary N) is 1. The van der Waals surface area contributed by atoms with Gasteiger partial charge in [0.25, 0.3) is 5.69 Å². The van der Waals surface area contributed by atoms with E-state index in [9.17, 15) is 19.7 Å². The second kappa shape index (κ2) is 8.88. The summed E-state index contributed by atoms with van der Waals surface area (Å²) in [6, 6.07) is 5.19. The molecule has 1 unspecified atom stereocenters. The number of benzene rings is 1. The van der Waals surface area contributed by atoms with Gasteiger partial charge in [0.2, 0.25) is 5.91 Å². The number of carbonyl (C=O) groups excluding carboxylic acids is 2. The van der Waals surface area contributed by atoms with Crippen LogP contribution in [0.3, 0.4) is 0 Å². The molecule has 1 aliphatic rings. The third kappa shape index (κ3) is 5.10. The summed E-state index contributed by atoms with van der Waals surface area (Å²) in [4.78, 5) is 36.3. The van der Waals surface area contributed by atoms with E-state index in [-0.39, 0.29) is 29.5 Å². The van der Waals surface area contributed by atoms with E-state index < -0.39 is 17.1 Å². The lowest BCUT2D eigenvalue weighted by molar-refractivity contribution is -0.384. The SMILES string of the molecule is CCC(C)NC(=O)[C@@H]1C[C@H](S)CN1C(=O)OCc1ccc([N+](=O)[O-])cc1. The molecular weight excluding hydrogens is 358 g/mol. The fourth-order valence-corrected chi connectivity index (χ4v) is 3.02. The summed E-state index contributed by atoms with van der Waals surface area (Å²) in [7, 11) is 0. The van der Waals surface area contributed by atoms with Crippen LogP contribution < -0.4 is 5.32 Å². The summed E-state index contributed by atoms with van der Waals surface area (Å²) >= 11 is 4.39. The molecule has 0 bridgehead atoms. The monoisotopic (exact) mass is 381 g/mol. The van der Waals surface area contributed by atoms with Crippen LogP contribution in [-0.4, -0.2) is 45.7 Å². The summed E-state index contributed by atoms with van der Waals surface area (Å²) < 4.78 is 5.28. The van der Waals surface area contributed by atoms with E-state index >= 15 is 0 Å². The molecule has 1 aromatic carbocycles. The van der Waals surface area contributed by atoms with E-state index in [0.717, 1.165) is 6.42 Å². The number of hydrogen-bond acceptors (Lipinski definition) is 6. The molecule has 26 heavy (non-hydrogen) atoms. The van der Waals surface area contributed by atoms with Gasteiger partial charge in [0.05, 0.1) is 4.92 Å². The van der Waals surface area contributed by atoms with Crippen molar-refractivity contribution >= 4 is 30.3 Å². The molecule has 0 aliphatic carbocycles. The van der Waals surface area contributed by atoms with Gasteiger partial charge in [0.1, 0.15) is 12.6 Å². The zero-order valence-electron chi connectivity index (χ0n) is 14.8. The number of nitrogens with zero attached hydrogens (tertiary/aromatic N) is 2. The number of carbonyl (C=O) groups is 2. The molecule has 0 aromatic heterocycles. The normalized spacial score (nSPS) is 20.5. The highest BCUT2D eigenvalue weighted by Gasteiger charge is 2.39. The quantitative estimate of drug-likeness (QED) is 0.448. The molecule has 0 saturated carbocycles. The van der Waals surface area contributed by atoms with Gasteiger partial charge in [0, 0.05) is 30.0 Å². The van der Waals surface area contributed by atoms with Gasteiger partial charge in [-0.1, -0.05) is 6.92 Å². The Morgan fingerprint density at radius 3 is 2.65 bits per heavy atom. The van der Waals surface area contributed by atoms with Crippen molar-refractivity contribution in [1.29, 1.82) is 0 Å². The summed E-state index contributed by atoms with van der Waals surface area (Å²) in [5, 5.41) is 13.4. The van der Waals surface area contributed by atoms with Crippen molar-refractivity contribution in [2.75, 3.05) is 6.54 Å². The van der Waals surface area contributed by atoms with Gasteiger partial charge in [-0.25, -0.2) is 4.79 Å². The summed E-state index contributed by atoms with van der Waals surface area (Å²) in [6.07, 6.45) is 0.676. The van der Waals surface area contributed by atoms with Crippen LogP contribution >= 0.6 is 12.6 Å². The minimum Gasteiger partial charge on any atom is -0.445 e. The lowest BCUT2D eigenvalue weighted by atomic mass is 10.2. The Morgan fingerprint density at radius 1 is 1.42 bits per heavy atom. The maximum Gasteiger partial charge on any atom is 0.410 e. The lowest BCUT2D eigenvalue weighted by Gasteiger charge is -2.24. The van der Waals surface area contributed by atoms with Crippen LogP contribution in [0.1, 0.15) is 32.3 Å². The molecule has 0 spiro atoms. The average molecular weight is 381 g/mol. The summed E-state index contributed by atoms with van der Waals surface area (Å²) in [5.74, 6) is -0.205. The topological polar surface area (TPSA) is 102 Å². The number of nitro benzene ring substituents is 1. The van der Waals surface area contributed by atoms with Crippen molar-refractivity contribution in [3.63, 3.8) is 0 Å². The Hall–Kier alpha value is -2.29. The lowest BCUT2D eigenvalue weighted by Crippen LogP contribution is -2.48. The molecular formula is C17H23N3O5S. The number of non-ortho nitro benzene ring substituents is 1. The smallest absolute Gasteiger partial charge is 0.410 e. The van der Waals surface area contributed by atoms with E-state index in [1.165, 1.54) is 29.2 Å². The molecule has 9 heteroatoms. The zero-order valence-corrected chi connectivity index (χ0v) is 15.6. The fraction of sp³-hybridized carbons (Fsp3) is 0.529. The first-order valence-electron chi connectivity index (χ1n) is 8.47. The molecule has 1 aliphatic heterocycles. The number of nitro groups is 1. The number of amides is 2. The largest absolute Gasteiger partial charge is 0.445 e. The number of hydrogen-bond donors (Lipinski definition) is 2. The van der Waals surface area contributed by atoms with Gasteiger partial charge in [-0.3, -0.25) is 19.8 Å². The van der Waals surface area contributed by atoms with Crippen LogP contribution in [0.2, 0.25) is 0 Å². The number of likely N-dealkylation sites (tertiary alicyclic amines) is 1. The standard InChI is InChI=1S/C17H23N3O5S/c1-3-11(2)18-16(21)15-8-14(26)9-19(15)17(22)25-10-12-4-6-13(7-5-12)20(23)24/h4-7,11,14-15,26H,3,8-10H2,1-2H3,(H,18,21)/t11?,14-,15-/m0/s1. The Bertz CT molecular complexity index is 667. The maximum atomic E-state index is 12.4. The molecule has 1 N–H and O–H groups in total. The third-order valence-electron chi connectivity index (χ3n) is 4.33. The van der Waals surface area contributed by atoms with Crippen molar-refractivity contribution in [2.45, 2.75) is 50.6 Å². The molecule has 8 nitrogen and oxygen atoms in total. The Balaban J connectivity index is 1.95. The van der Waals surface area contributed by atoms with Crippen LogP contribution in [-0.2, 0) is 16.1 Å². The van der Waals surface area contributed by atoms with Gasteiger partial charge in [-0.15, -0.1) is 0 Å². The Labute approximate surface area is 157 Å². The van der Waals surface area contributed by atoms with E-state index in [0.29, 0.717) is 18.5 Å². The van der Waals surface area contributed by atoms with E-state index in [4.69, 9.17) is 4.74 Å². The van der Waals surface area contributed by atoms with E-state index in [1.54, 1.807) is 0 Å². The molecule has 0 radical (unpaired) electrons. The molecule has 142 valence electrons. The first-order valence-corrected chi connectivity index (χ1v) is 8.98. The highest BCUT2D eigenvalue weighted by atomic mass is 32.1. The third-order valence-corrected chi connectivity index (χ3v) is 4.70. The maximum absolute atomic E-state index is 12.4. The van der Waals surface area contributed by atoms with Crippen molar-refractivity contribution in [3.05, 3.63) is 39.9 Å². The molecule has 1 saturated heterocycles. The van der Waals surface area contributed by atoms with Crippen molar-refractivity contribution in [2.24, 2.45) is 0 Å². The molecule has 2 rings (SSSR count). The van der Waals surface area contributed by atoms with Crippen LogP contribution in [0, 0.1) is 10.1 Å². The van der Waals surface area contributed by atoms with Crippen molar-refractivity contribution in [3.8, 4) is 0 Å². The number of ether oxygens (including phenoxy) is 1. The highest BCUT2D eigenvalue weighted by Crippen LogP contribution is 2.23. The first kappa shape index (κ1) is 20.0. The van der Waals surface area contributed by atoms with Gasteiger partial charge < -0.3 is 10.1 Å². The van der Waals surface area contributed by atoms with E-state index in [1.807, 2.05) is 13.8 Å². The van der Waals surface area contributed by atoms with Gasteiger partial charge in [-0.2, -0.15) is 12.6 Å². The van der Waals surface area contributed by atoms with Gasteiger partial charge in [-0.05, 0) is 37.5 Å². The molecule has 1 heterocycles. The number of thiol groups is 1. The Morgan fingerprint density at radius 2 is 2.08 bits per heavy atom. The summed E-state index contributed by atoms with van der Waals surface area (Å²) in [5.41, 5.74) is 0.602. The van der Waals surface area contributed by atoms with Crippen LogP contribution in [0.25, 0.3) is 0 Å². The summed E-state index contributed by atoms with van der Waals surface area (Å²) in [6.45, 7) is 4.19. The second-order valence-corrected chi connectivity index (χ2v) is 7.08. The molecule has 2 amide bonds. The van der Waals surface area contributed by atoms with Crippen molar-refractivity contribution < 1.29 is 19.2 Å². The van der Waals surface area contributed by atoms with Crippen LogP contribution in [0.5, 0.6) is 0 Å². The van der Waals surface area contributed by atoms with Crippen molar-refractivity contribution in [1.82, 2.24) is 10.2 Å². The number of rotatable bonds is 6. The molecule has 1 fully saturated rings. The predicted molar refractivity (Wildman–Crippen MR) is 99.1 cm³/mol. The average Bonchev–Trinajstić information content (AvgIpc) is 3.01. The molecule has 1 aromatic rings. The second-order valence-electron chi connectivity index (χ2n) is 6.35. The zero-order chi connectivity index (χ0) is 19.3. The minimum atomic E-state index is -0.601. The van der Waals surface area contributed by atoms with Gasteiger partial charge in [0.15, 0.2) is 0 Å². The highest BCUT2D eigenvalue weighted by molar-refractivity contribution is 7.81. The first-order chi connectivity index (χ1) is 12.3. The van der Waals surface area contributed by atoms with Crippen LogP contribution in [0.15, 0.2) is 24.3 Å².